The molecular formula is C24H48O7. The first-order valence-electron chi connectivity index (χ1n) is 12.4. The maximum Gasteiger partial charge on any atom is 0.303 e. The van der Waals surface area contributed by atoms with E-state index in [9.17, 15) is 4.79 Å². The molecule has 0 unspecified atom stereocenters. The van der Waals surface area contributed by atoms with Crippen molar-refractivity contribution in [1.29, 1.82) is 0 Å². The van der Waals surface area contributed by atoms with Gasteiger partial charge < -0.3 is 30.3 Å². The first-order valence-corrected chi connectivity index (χ1v) is 12.4. The normalized spacial score (nSPS) is 21.5. The molecule has 0 aromatic heterocycles. The fourth-order valence-corrected chi connectivity index (χ4v) is 3.72. The zero-order valence-corrected chi connectivity index (χ0v) is 19.6. The van der Waals surface area contributed by atoms with Crippen LogP contribution in [0.3, 0.4) is 0 Å². The van der Waals surface area contributed by atoms with E-state index in [4.69, 9.17) is 30.3 Å². The number of carboxylic acids is 1. The van der Waals surface area contributed by atoms with Crippen LogP contribution < -0.4 is 0 Å². The van der Waals surface area contributed by atoms with Crippen molar-refractivity contribution < 1.29 is 35.1 Å². The van der Waals surface area contributed by atoms with Crippen molar-refractivity contribution in [2.24, 2.45) is 0 Å². The van der Waals surface area contributed by atoms with Gasteiger partial charge in [0.05, 0.1) is 13.2 Å². The number of aliphatic carboxylic acids is 1. The van der Waals surface area contributed by atoms with Gasteiger partial charge in [-0.1, -0.05) is 96.8 Å². The molecule has 0 spiro atoms. The Kier molecular flexibility index (Phi) is 20.6. The molecule has 1 saturated heterocycles. The average molecular weight is 449 g/mol. The standard InChI is InChI=1S/C18H36O2.C6H12O5/c1-2-3-4-5-6-7-8-9-10-11-12-13-14-15-16-17-18(19)20;7-1-3(8)6-5(10)4(9)2-11-6/h2-17H2,1H3,(H,19,20);3-10H,1-2H2/t;3-,4+,5-,6-/m.1/s1. The van der Waals surface area contributed by atoms with Gasteiger partial charge in [0, 0.05) is 6.42 Å². The molecule has 7 heteroatoms. The number of carboxylic acid groups (broad SMARTS) is 1. The number of hydrogen-bond acceptors (Lipinski definition) is 6. The van der Waals surface area contributed by atoms with Crippen LogP contribution in [0.4, 0.5) is 0 Å². The van der Waals surface area contributed by atoms with Gasteiger partial charge >= 0.3 is 5.97 Å². The SMILES string of the molecule is CCCCCCCCCCCCCCCCCC(=O)O.OC[C@@H](O)[C@H]1OC[C@H](O)[C@H]1O. The van der Waals surface area contributed by atoms with Crippen LogP contribution in [0.1, 0.15) is 110 Å². The van der Waals surface area contributed by atoms with E-state index in [0.29, 0.717) is 6.42 Å². The number of aliphatic hydroxyl groups is 4. The van der Waals surface area contributed by atoms with Gasteiger partial charge in [0.1, 0.15) is 24.4 Å². The van der Waals surface area contributed by atoms with E-state index in [-0.39, 0.29) is 6.61 Å². The summed E-state index contributed by atoms with van der Waals surface area (Å²) in [5.41, 5.74) is 0. The Morgan fingerprint density at radius 3 is 1.58 bits per heavy atom. The molecule has 7 nitrogen and oxygen atoms in total. The van der Waals surface area contributed by atoms with Crippen LogP contribution in [0.2, 0.25) is 0 Å². The van der Waals surface area contributed by atoms with Gasteiger partial charge in [-0.3, -0.25) is 4.79 Å². The summed E-state index contributed by atoms with van der Waals surface area (Å²) in [6.45, 7) is 1.80. The molecule has 4 atom stereocenters. The predicted octanol–water partition coefficient (Wildman–Crippen LogP) is 3.79. The lowest BCUT2D eigenvalue weighted by Crippen LogP contribution is -2.40. The lowest BCUT2D eigenvalue weighted by Gasteiger charge is -2.18. The Bertz CT molecular complexity index is 405. The Morgan fingerprint density at radius 1 is 0.839 bits per heavy atom. The minimum Gasteiger partial charge on any atom is -0.481 e. The summed E-state index contributed by atoms with van der Waals surface area (Å²) in [4.78, 5) is 10.3. The second-order valence-electron chi connectivity index (χ2n) is 8.70. The van der Waals surface area contributed by atoms with Gasteiger partial charge in [0.15, 0.2) is 0 Å². The highest BCUT2D eigenvalue weighted by molar-refractivity contribution is 5.66. The monoisotopic (exact) mass is 448 g/mol. The van der Waals surface area contributed by atoms with E-state index in [1.165, 1.54) is 83.5 Å². The van der Waals surface area contributed by atoms with E-state index in [0.717, 1.165) is 12.8 Å². The molecule has 186 valence electrons. The quantitative estimate of drug-likeness (QED) is 0.202. The van der Waals surface area contributed by atoms with Gasteiger partial charge in [-0.2, -0.15) is 0 Å². The second-order valence-corrected chi connectivity index (χ2v) is 8.70. The molecule has 5 N–H and O–H groups in total. The van der Waals surface area contributed by atoms with Crippen LogP contribution in [0.15, 0.2) is 0 Å². The van der Waals surface area contributed by atoms with Gasteiger partial charge in [-0.25, -0.2) is 0 Å². The first-order chi connectivity index (χ1) is 14.9. The summed E-state index contributed by atoms with van der Waals surface area (Å²) in [5, 5.41) is 44.1. The van der Waals surface area contributed by atoms with Crippen molar-refractivity contribution in [2.45, 2.75) is 134 Å². The molecule has 0 radical (unpaired) electrons. The van der Waals surface area contributed by atoms with E-state index in [2.05, 4.69) is 6.92 Å². The van der Waals surface area contributed by atoms with E-state index >= 15 is 0 Å². The number of ether oxygens (including phenoxy) is 1. The van der Waals surface area contributed by atoms with Gasteiger partial charge in [0.2, 0.25) is 0 Å². The molecule has 1 fully saturated rings. The minimum absolute atomic E-state index is 0.00287. The number of unbranched alkanes of at least 4 members (excludes halogenated alkanes) is 14. The van der Waals surface area contributed by atoms with Gasteiger partial charge in [0.25, 0.3) is 0 Å². The zero-order chi connectivity index (χ0) is 23.3. The van der Waals surface area contributed by atoms with Crippen LogP contribution in [0.25, 0.3) is 0 Å². The average Bonchev–Trinajstić information content (AvgIpc) is 3.09. The summed E-state index contributed by atoms with van der Waals surface area (Å²) in [6, 6.07) is 0. The Hall–Kier alpha value is -0.730. The maximum absolute atomic E-state index is 10.3. The largest absolute Gasteiger partial charge is 0.481 e. The van der Waals surface area contributed by atoms with E-state index in [1.807, 2.05) is 0 Å². The van der Waals surface area contributed by atoms with Crippen molar-refractivity contribution in [3.8, 4) is 0 Å². The topological polar surface area (TPSA) is 127 Å². The lowest BCUT2D eigenvalue weighted by molar-refractivity contribution is -0.137. The highest BCUT2D eigenvalue weighted by Gasteiger charge is 2.38. The van der Waals surface area contributed by atoms with Crippen LogP contribution in [0, 0.1) is 0 Å². The van der Waals surface area contributed by atoms with Crippen molar-refractivity contribution in [3.63, 3.8) is 0 Å². The number of hydrogen-bond donors (Lipinski definition) is 5. The lowest BCUT2D eigenvalue weighted by atomic mass is 10.0. The molecule has 1 rings (SSSR count). The summed E-state index contributed by atoms with van der Waals surface area (Å²) in [7, 11) is 0. The van der Waals surface area contributed by atoms with Crippen LogP contribution >= 0.6 is 0 Å². The molecule has 0 aromatic rings. The highest BCUT2D eigenvalue weighted by atomic mass is 16.5. The fraction of sp³-hybridized carbons (Fsp3) is 0.958. The molecule has 0 aliphatic carbocycles. The molecule has 0 aromatic carbocycles. The molecule has 0 amide bonds. The highest BCUT2D eigenvalue weighted by Crippen LogP contribution is 2.17. The van der Waals surface area contributed by atoms with Crippen LogP contribution in [-0.2, 0) is 9.53 Å². The fourth-order valence-electron chi connectivity index (χ4n) is 3.72. The van der Waals surface area contributed by atoms with Crippen LogP contribution in [-0.4, -0.2) is 69.1 Å². The Balaban J connectivity index is 0.000000683. The maximum atomic E-state index is 10.3. The summed E-state index contributed by atoms with van der Waals surface area (Å²) in [6.07, 6.45) is 16.2. The van der Waals surface area contributed by atoms with Gasteiger partial charge in [-0.05, 0) is 6.42 Å². The minimum atomic E-state index is -1.12. The van der Waals surface area contributed by atoms with Crippen molar-refractivity contribution in [3.05, 3.63) is 0 Å². The summed E-state index contributed by atoms with van der Waals surface area (Å²) >= 11 is 0. The first kappa shape index (κ1) is 30.3. The number of aliphatic hydroxyl groups excluding tert-OH is 4. The van der Waals surface area contributed by atoms with E-state index < -0.39 is 37.0 Å². The van der Waals surface area contributed by atoms with Crippen molar-refractivity contribution in [2.75, 3.05) is 13.2 Å². The third-order valence-electron chi connectivity index (χ3n) is 5.75. The second kappa shape index (κ2) is 21.1. The molecule has 1 aliphatic rings. The Labute approximate surface area is 188 Å². The third kappa shape index (κ3) is 17.5. The smallest absolute Gasteiger partial charge is 0.303 e. The van der Waals surface area contributed by atoms with Crippen LogP contribution in [0.5, 0.6) is 0 Å². The molecular weight excluding hydrogens is 400 g/mol. The molecule has 1 aliphatic heterocycles. The molecule has 0 bridgehead atoms. The van der Waals surface area contributed by atoms with Crippen molar-refractivity contribution >= 4 is 5.97 Å². The summed E-state index contributed by atoms with van der Waals surface area (Å²) in [5.74, 6) is -0.653. The number of carbonyl (C=O) groups is 1. The molecule has 0 saturated carbocycles. The predicted molar refractivity (Wildman–Crippen MR) is 122 cm³/mol. The zero-order valence-electron chi connectivity index (χ0n) is 19.6. The molecule has 1 heterocycles. The van der Waals surface area contributed by atoms with Crippen molar-refractivity contribution in [1.82, 2.24) is 0 Å². The van der Waals surface area contributed by atoms with Gasteiger partial charge in [-0.15, -0.1) is 0 Å². The Morgan fingerprint density at radius 2 is 1.26 bits per heavy atom. The number of rotatable bonds is 18. The molecule has 31 heavy (non-hydrogen) atoms. The van der Waals surface area contributed by atoms with E-state index in [1.54, 1.807) is 0 Å². The summed E-state index contributed by atoms with van der Waals surface area (Å²) < 4.78 is 4.82. The third-order valence-corrected chi connectivity index (χ3v) is 5.75.